The van der Waals surface area contributed by atoms with Crippen LogP contribution in [-0.2, 0) is 0 Å². The van der Waals surface area contributed by atoms with Crippen LogP contribution in [0.1, 0.15) is 20.3 Å². The summed E-state index contributed by atoms with van der Waals surface area (Å²) in [4.78, 5) is 2.49. The van der Waals surface area contributed by atoms with E-state index in [1.807, 2.05) is 0 Å². The van der Waals surface area contributed by atoms with E-state index >= 15 is 0 Å². The monoisotopic (exact) mass is 168 g/mol. The lowest BCUT2D eigenvalue weighted by Crippen LogP contribution is -2.35. The Morgan fingerprint density at radius 1 is 1.67 bits per heavy atom. The molecule has 0 fully saturated rings. The molecule has 0 aliphatic carbocycles. The van der Waals surface area contributed by atoms with Gasteiger partial charge in [-0.1, -0.05) is 18.6 Å². The second-order valence-corrected chi connectivity index (χ2v) is 3.92. The highest BCUT2D eigenvalue weighted by Gasteiger charge is 2.11. The van der Waals surface area contributed by atoms with Crippen LogP contribution in [0.5, 0.6) is 0 Å². The average molecular weight is 168 g/mol. The van der Waals surface area contributed by atoms with Crippen LogP contribution in [0, 0.1) is 5.92 Å². The van der Waals surface area contributed by atoms with Gasteiger partial charge in [-0.2, -0.15) is 0 Å². The third kappa shape index (κ3) is 2.95. The first kappa shape index (κ1) is 9.75. The molecule has 0 amide bonds. The lowest BCUT2D eigenvalue weighted by Gasteiger charge is -2.28. The van der Waals surface area contributed by atoms with Gasteiger partial charge in [0, 0.05) is 19.6 Å². The molecule has 0 aromatic rings. The summed E-state index contributed by atoms with van der Waals surface area (Å²) in [6.45, 7) is 8.74. The molecule has 1 rings (SSSR count). The topological polar surface area (TPSA) is 29.3 Å². The first-order valence-corrected chi connectivity index (χ1v) is 4.80. The molecule has 1 aliphatic heterocycles. The first-order chi connectivity index (χ1) is 5.72. The van der Waals surface area contributed by atoms with Gasteiger partial charge < -0.3 is 5.73 Å². The molecule has 0 spiro atoms. The molecule has 2 heteroatoms. The van der Waals surface area contributed by atoms with Gasteiger partial charge in [-0.25, -0.2) is 0 Å². The SMILES string of the molecule is CC1=CCCN(CC(C)CN)C1. The fraction of sp³-hybridized carbons (Fsp3) is 0.800. The van der Waals surface area contributed by atoms with Crippen molar-refractivity contribution in [1.29, 1.82) is 0 Å². The van der Waals surface area contributed by atoms with E-state index in [9.17, 15) is 0 Å². The van der Waals surface area contributed by atoms with Crippen LogP contribution in [0.25, 0.3) is 0 Å². The van der Waals surface area contributed by atoms with Gasteiger partial charge in [0.05, 0.1) is 0 Å². The number of nitrogens with two attached hydrogens (primary N) is 1. The Morgan fingerprint density at radius 3 is 3.00 bits per heavy atom. The highest BCUT2D eigenvalue weighted by atomic mass is 15.1. The molecular weight excluding hydrogens is 148 g/mol. The van der Waals surface area contributed by atoms with E-state index in [0.29, 0.717) is 5.92 Å². The van der Waals surface area contributed by atoms with Crippen molar-refractivity contribution in [3.63, 3.8) is 0 Å². The van der Waals surface area contributed by atoms with E-state index in [1.165, 1.54) is 18.5 Å². The molecule has 0 aromatic carbocycles. The molecule has 0 saturated carbocycles. The molecule has 0 saturated heterocycles. The fourth-order valence-electron chi connectivity index (χ4n) is 1.66. The van der Waals surface area contributed by atoms with Gasteiger partial charge in [0.1, 0.15) is 0 Å². The van der Waals surface area contributed by atoms with Gasteiger partial charge in [0.15, 0.2) is 0 Å². The third-order valence-electron chi connectivity index (χ3n) is 2.38. The molecule has 2 nitrogen and oxygen atoms in total. The average Bonchev–Trinajstić information content (AvgIpc) is 2.04. The summed E-state index contributed by atoms with van der Waals surface area (Å²) >= 11 is 0. The van der Waals surface area contributed by atoms with Crippen LogP contribution in [0.2, 0.25) is 0 Å². The molecule has 0 aromatic heterocycles. The van der Waals surface area contributed by atoms with E-state index in [-0.39, 0.29) is 0 Å². The molecule has 1 unspecified atom stereocenters. The zero-order valence-electron chi connectivity index (χ0n) is 8.21. The summed E-state index contributed by atoms with van der Waals surface area (Å²) in [5.41, 5.74) is 7.09. The summed E-state index contributed by atoms with van der Waals surface area (Å²) in [7, 11) is 0. The number of rotatable bonds is 3. The first-order valence-electron chi connectivity index (χ1n) is 4.80. The maximum absolute atomic E-state index is 5.58. The minimum atomic E-state index is 0.635. The van der Waals surface area contributed by atoms with Gasteiger partial charge in [-0.3, -0.25) is 4.90 Å². The molecule has 1 heterocycles. The summed E-state index contributed by atoms with van der Waals surface area (Å²) < 4.78 is 0. The molecule has 0 radical (unpaired) electrons. The maximum Gasteiger partial charge on any atom is 0.0190 e. The number of nitrogens with zero attached hydrogens (tertiary/aromatic N) is 1. The summed E-state index contributed by atoms with van der Waals surface area (Å²) in [6, 6.07) is 0. The van der Waals surface area contributed by atoms with Crippen LogP contribution in [0.4, 0.5) is 0 Å². The number of hydrogen-bond donors (Lipinski definition) is 1. The van der Waals surface area contributed by atoms with E-state index in [4.69, 9.17) is 5.73 Å². The van der Waals surface area contributed by atoms with E-state index in [0.717, 1.165) is 19.6 Å². The van der Waals surface area contributed by atoms with Crippen molar-refractivity contribution in [2.45, 2.75) is 20.3 Å². The Morgan fingerprint density at radius 2 is 2.42 bits per heavy atom. The van der Waals surface area contributed by atoms with Crippen molar-refractivity contribution in [3.8, 4) is 0 Å². The van der Waals surface area contributed by atoms with E-state index < -0.39 is 0 Å². The van der Waals surface area contributed by atoms with Crippen molar-refractivity contribution in [2.24, 2.45) is 11.7 Å². The van der Waals surface area contributed by atoms with Crippen LogP contribution < -0.4 is 5.73 Å². The van der Waals surface area contributed by atoms with Gasteiger partial charge >= 0.3 is 0 Å². The van der Waals surface area contributed by atoms with Gasteiger partial charge in [-0.15, -0.1) is 0 Å². The summed E-state index contributed by atoms with van der Waals surface area (Å²) in [5.74, 6) is 0.635. The Labute approximate surface area is 75.4 Å². The number of hydrogen-bond acceptors (Lipinski definition) is 2. The fourth-order valence-corrected chi connectivity index (χ4v) is 1.66. The Balaban J connectivity index is 2.30. The Bertz CT molecular complexity index is 163. The zero-order chi connectivity index (χ0) is 8.97. The van der Waals surface area contributed by atoms with Crippen LogP contribution in [0.3, 0.4) is 0 Å². The molecule has 12 heavy (non-hydrogen) atoms. The molecule has 1 aliphatic rings. The Kier molecular flexibility index (Phi) is 3.76. The molecular formula is C10H20N2. The van der Waals surface area contributed by atoms with E-state index in [1.54, 1.807) is 0 Å². The van der Waals surface area contributed by atoms with Gasteiger partial charge in [0.2, 0.25) is 0 Å². The lowest BCUT2D eigenvalue weighted by atomic mass is 10.1. The van der Waals surface area contributed by atoms with Crippen molar-refractivity contribution in [2.75, 3.05) is 26.2 Å². The van der Waals surface area contributed by atoms with Crippen molar-refractivity contribution >= 4 is 0 Å². The predicted molar refractivity (Wildman–Crippen MR) is 53.0 cm³/mol. The third-order valence-corrected chi connectivity index (χ3v) is 2.38. The molecule has 0 bridgehead atoms. The smallest absolute Gasteiger partial charge is 0.0190 e. The van der Waals surface area contributed by atoms with Crippen molar-refractivity contribution in [3.05, 3.63) is 11.6 Å². The highest BCUT2D eigenvalue weighted by molar-refractivity contribution is 5.04. The van der Waals surface area contributed by atoms with Gasteiger partial charge in [-0.05, 0) is 25.8 Å². The lowest BCUT2D eigenvalue weighted by molar-refractivity contribution is 0.253. The second-order valence-electron chi connectivity index (χ2n) is 3.92. The second kappa shape index (κ2) is 4.63. The summed E-state index contributed by atoms with van der Waals surface area (Å²) in [6.07, 6.45) is 3.55. The van der Waals surface area contributed by atoms with Gasteiger partial charge in [0.25, 0.3) is 0 Å². The van der Waals surface area contributed by atoms with E-state index in [2.05, 4.69) is 24.8 Å². The highest BCUT2D eigenvalue weighted by Crippen LogP contribution is 2.10. The van der Waals surface area contributed by atoms with Crippen molar-refractivity contribution < 1.29 is 0 Å². The largest absolute Gasteiger partial charge is 0.330 e. The summed E-state index contributed by atoms with van der Waals surface area (Å²) in [5, 5.41) is 0. The van der Waals surface area contributed by atoms with Crippen molar-refractivity contribution in [1.82, 2.24) is 4.90 Å². The minimum absolute atomic E-state index is 0.635. The standard InChI is InChI=1S/C10H20N2/c1-9-4-3-5-12(7-9)8-10(2)6-11/h4,10H,3,5-8,11H2,1-2H3. The maximum atomic E-state index is 5.58. The van der Waals surface area contributed by atoms with Crippen LogP contribution in [0.15, 0.2) is 11.6 Å². The predicted octanol–water partition coefficient (Wildman–Crippen LogP) is 1.23. The Hall–Kier alpha value is -0.340. The molecule has 1 atom stereocenters. The molecule has 70 valence electrons. The quantitative estimate of drug-likeness (QED) is 0.642. The zero-order valence-corrected chi connectivity index (χ0v) is 8.21. The van der Waals surface area contributed by atoms with Crippen LogP contribution >= 0.6 is 0 Å². The normalized spacial score (nSPS) is 22.1. The van der Waals surface area contributed by atoms with Crippen LogP contribution in [-0.4, -0.2) is 31.1 Å². The molecule has 2 N–H and O–H groups in total. The minimum Gasteiger partial charge on any atom is -0.330 e.